The summed E-state index contributed by atoms with van der Waals surface area (Å²) >= 11 is 0. The first-order valence-electron chi connectivity index (χ1n) is 7.12. The Balaban J connectivity index is 2.13. The van der Waals surface area contributed by atoms with Crippen LogP contribution < -0.4 is 16.4 Å². The molecule has 0 saturated carbocycles. The highest BCUT2D eigenvalue weighted by Crippen LogP contribution is 2.24. The Morgan fingerprint density at radius 2 is 1.67 bits per heavy atom. The van der Waals surface area contributed by atoms with Gasteiger partial charge in [0.05, 0.1) is 5.69 Å². The molecule has 1 aliphatic rings. The summed E-state index contributed by atoms with van der Waals surface area (Å²) in [4.78, 5) is 19.9. The van der Waals surface area contributed by atoms with Crippen LogP contribution in [0.4, 0.5) is 11.4 Å². The van der Waals surface area contributed by atoms with E-state index < -0.39 is 0 Å². The zero-order valence-corrected chi connectivity index (χ0v) is 12.8. The third kappa shape index (κ3) is 3.45. The van der Waals surface area contributed by atoms with Crippen molar-refractivity contribution in [3.8, 4) is 0 Å². The van der Waals surface area contributed by atoms with Crippen molar-refractivity contribution in [2.75, 3.05) is 18.0 Å². The summed E-state index contributed by atoms with van der Waals surface area (Å²) in [5.41, 5.74) is 12.6. The van der Waals surface area contributed by atoms with Crippen molar-refractivity contribution in [3.05, 3.63) is 24.3 Å². The molecule has 1 saturated heterocycles. The summed E-state index contributed by atoms with van der Waals surface area (Å²) in [5.74, 6) is 0.192. The molecule has 2 rings (SSSR count). The van der Waals surface area contributed by atoms with Crippen LogP contribution in [0.2, 0.25) is 0 Å². The molecule has 1 aromatic rings. The van der Waals surface area contributed by atoms with Gasteiger partial charge in [-0.2, -0.15) is 0 Å². The highest BCUT2D eigenvalue weighted by molar-refractivity contribution is 5.79. The third-order valence-corrected chi connectivity index (χ3v) is 3.76. The largest absolute Gasteiger partial charge is 0.370 e. The van der Waals surface area contributed by atoms with Gasteiger partial charge in [0.25, 0.3) is 0 Å². The van der Waals surface area contributed by atoms with Gasteiger partial charge in [-0.25, -0.2) is 4.99 Å². The van der Waals surface area contributed by atoms with Crippen LogP contribution in [0.5, 0.6) is 0 Å². The van der Waals surface area contributed by atoms with Gasteiger partial charge in [0.15, 0.2) is 5.96 Å². The minimum atomic E-state index is 0.0556. The number of carbonyl (C=O) groups is 1. The Bertz CT molecular complexity index is 523. The highest BCUT2D eigenvalue weighted by Gasteiger charge is 2.30. The molecule has 0 aromatic heterocycles. The highest BCUT2D eigenvalue weighted by atomic mass is 16.2. The van der Waals surface area contributed by atoms with E-state index in [1.165, 1.54) is 0 Å². The molecule has 2 atom stereocenters. The first kappa shape index (κ1) is 15.2. The molecule has 1 aromatic carbocycles. The lowest BCUT2D eigenvalue weighted by molar-refractivity contribution is -0.133. The molecule has 0 spiro atoms. The summed E-state index contributed by atoms with van der Waals surface area (Å²) in [6.07, 6.45) is 0. The van der Waals surface area contributed by atoms with E-state index in [0.29, 0.717) is 0 Å². The lowest BCUT2D eigenvalue weighted by atomic mass is 10.1. The number of rotatable bonds is 2. The first-order chi connectivity index (χ1) is 9.88. The minimum absolute atomic E-state index is 0.0556. The number of aliphatic imine (C=N–C) groups is 1. The van der Waals surface area contributed by atoms with E-state index in [4.69, 9.17) is 11.5 Å². The van der Waals surface area contributed by atoms with Crippen LogP contribution in [0.1, 0.15) is 20.8 Å². The number of nitrogens with two attached hydrogens (primary N) is 2. The average molecular weight is 289 g/mol. The van der Waals surface area contributed by atoms with E-state index in [1.54, 1.807) is 6.92 Å². The van der Waals surface area contributed by atoms with Crippen molar-refractivity contribution in [1.29, 1.82) is 0 Å². The first-order valence-corrected chi connectivity index (χ1v) is 7.12. The molecule has 1 heterocycles. The van der Waals surface area contributed by atoms with Gasteiger partial charge in [0, 0.05) is 37.8 Å². The maximum absolute atomic E-state index is 11.7. The molecule has 2 unspecified atom stereocenters. The maximum Gasteiger partial charge on any atom is 0.220 e. The molecular formula is C15H23N5O. The predicted octanol–water partition coefficient (Wildman–Crippen LogP) is 1.04. The second-order valence-corrected chi connectivity index (χ2v) is 5.58. The van der Waals surface area contributed by atoms with E-state index in [-0.39, 0.29) is 24.0 Å². The summed E-state index contributed by atoms with van der Waals surface area (Å²) in [7, 11) is 0. The Morgan fingerprint density at radius 3 is 2.10 bits per heavy atom. The number of nitrogens with zero attached hydrogens (tertiary/aromatic N) is 3. The number of hydrogen-bond acceptors (Lipinski definition) is 3. The number of anilines is 1. The number of carbonyl (C=O) groups excluding carboxylic acids is 1. The van der Waals surface area contributed by atoms with Crippen molar-refractivity contribution < 1.29 is 4.79 Å². The van der Waals surface area contributed by atoms with Crippen molar-refractivity contribution in [3.63, 3.8) is 0 Å². The van der Waals surface area contributed by atoms with Crippen LogP contribution >= 0.6 is 0 Å². The zero-order chi connectivity index (χ0) is 15.6. The molecule has 0 aliphatic carbocycles. The van der Waals surface area contributed by atoms with Crippen molar-refractivity contribution >= 4 is 23.2 Å². The van der Waals surface area contributed by atoms with E-state index >= 15 is 0 Å². The molecule has 4 N–H and O–H groups in total. The van der Waals surface area contributed by atoms with Crippen LogP contribution in [0.15, 0.2) is 29.3 Å². The van der Waals surface area contributed by atoms with Gasteiger partial charge in [-0.3, -0.25) is 4.79 Å². The van der Waals surface area contributed by atoms with Crippen LogP contribution in [-0.4, -0.2) is 41.9 Å². The number of guanidine groups is 1. The maximum atomic E-state index is 11.7. The molecule has 0 radical (unpaired) electrons. The number of hydrogen-bond donors (Lipinski definition) is 2. The fourth-order valence-electron chi connectivity index (χ4n) is 3.04. The van der Waals surface area contributed by atoms with Crippen LogP contribution in [0.3, 0.4) is 0 Å². The molecule has 6 heteroatoms. The monoisotopic (exact) mass is 289 g/mol. The minimum Gasteiger partial charge on any atom is -0.370 e. The average Bonchev–Trinajstić information content (AvgIpc) is 2.37. The SMILES string of the molecule is CC(=O)N1C(C)CN(c2ccc(N=C(N)N)cc2)CC1C. The summed E-state index contributed by atoms with van der Waals surface area (Å²) in [6.45, 7) is 7.44. The van der Waals surface area contributed by atoms with Gasteiger partial charge in [-0.1, -0.05) is 0 Å². The second-order valence-electron chi connectivity index (χ2n) is 5.58. The number of piperazine rings is 1. The lowest BCUT2D eigenvalue weighted by Crippen LogP contribution is -2.58. The van der Waals surface area contributed by atoms with Crippen LogP contribution in [0.25, 0.3) is 0 Å². The molecular weight excluding hydrogens is 266 g/mol. The normalized spacial score (nSPS) is 22.0. The van der Waals surface area contributed by atoms with Gasteiger partial charge in [-0.15, -0.1) is 0 Å². The molecule has 0 bridgehead atoms. The topological polar surface area (TPSA) is 88.0 Å². The fraction of sp³-hybridized carbons (Fsp3) is 0.467. The van der Waals surface area contributed by atoms with Crippen molar-refractivity contribution in [2.24, 2.45) is 16.5 Å². The van der Waals surface area contributed by atoms with E-state index in [1.807, 2.05) is 29.2 Å². The molecule has 1 fully saturated rings. The van der Waals surface area contributed by atoms with E-state index in [9.17, 15) is 4.79 Å². The fourth-order valence-corrected chi connectivity index (χ4v) is 3.04. The van der Waals surface area contributed by atoms with Gasteiger partial charge >= 0.3 is 0 Å². The number of amides is 1. The van der Waals surface area contributed by atoms with Crippen LogP contribution in [-0.2, 0) is 4.79 Å². The molecule has 1 amide bonds. The zero-order valence-electron chi connectivity index (χ0n) is 12.8. The van der Waals surface area contributed by atoms with Gasteiger partial charge in [-0.05, 0) is 38.1 Å². The van der Waals surface area contributed by atoms with E-state index in [2.05, 4.69) is 23.7 Å². The molecule has 1 aliphatic heterocycles. The third-order valence-electron chi connectivity index (χ3n) is 3.76. The Kier molecular flexibility index (Phi) is 4.35. The molecule has 21 heavy (non-hydrogen) atoms. The van der Waals surface area contributed by atoms with Crippen molar-refractivity contribution in [2.45, 2.75) is 32.9 Å². The Hall–Kier alpha value is -2.24. The van der Waals surface area contributed by atoms with Crippen molar-refractivity contribution in [1.82, 2.24) is 4.90 Å². The quantitative estimate of drug-likeness (QED) is 0.629. The molecule has 6 nitrogen and oxygen atoms in total. The summed E-state index contributed by atoms with van der Waals surface area (Å²) in [5, 5.41) is 0. The smallest absolute Gasteiger partial charge is 0.220 e. The predicted molar refractivity (Wildman–Crippen MR) is 85.6 cm³/mol. The summed E-state index contributed by atoms with van der Waals surface area (Å²) in [6, 6.07) is 8.19. The Morgan fingerprint density at radius 1 is 1.14 bits per heavy atom. The summed E-state index contributed by atoms with van der Waals surface area (Å²) < 4.78 is 0. The Labute approximate surface area is 125 Å². The number of benzene rings is 1. The van der Waals surface area contributed by atoms with Gasteiger partial charge in [0.2, 0.25) is 5.91 Å². The lowest BCUT2D eigenvalue weighted by Gasteiger charge is -2.45. The van der Waals surface area contributed by atoms with Gasteiger partial charge < -0.3 is 21.3 Å². The molecule has 114 valence electrons. The standard InChI is InChI=1S/C15H23N5O/c1-10-8-19(9-11(2)20(10)12(3)21)14-6-4-13(5-7-14)18-15(16)17/h4-7,10-11H,8-9H2,1-3H3,(H4,16,17,18). The second kappa shape index (κ2) is 6.03. The van der Waals surface area contributed by atoms with E-state index in [0.717, 1.165) is 24.5 Å². The van der Waals surface area contributed by atoms with Gasteiger partial charge in [0.1, 0.15) is 0 Å². The van der Waals surface area contributed by atoms with Crippen LogP contribution in [0, 0.1) is 0 Å².